The van der Waals surface area contributed by atoms with Crippen molar-refractivity contribution in [3.63, 3.8) is 0 Å². The van der Waals surface area contributed by atoms with Gasteiger partial charge in [0, 0.05) is 13.1 Å². The summed E-state index contributed by atoms with van der Waals surface area (Å²) < 4.78 is 5.60. The Labute approximate surface area is 166 Å². The van der Waals surface area contributed by atoms with Gasteiger partial charge in [0.05, 0.1) is 11.3 Å². The summed E-state index contributed by atoms with van der Waals surface area (Å²) in [5.74, 6) is 0.318. The molecule has 0 radical (unpaired) electrons. The number of rotatable bonds is 5. The minimum Gasteiger partial charge on any atom is -0.484 e. The molecule has 0 spiro atoms. The predicted octanol–water partition coefficient (Wildman–Crippen LogP) is 4.24. The van der Waals surface area contributed by atoms with Gasteiger partial charge in [-0.1, -0.05) is 45.0 Å². The van der Waals surface area contributed by atoms with Crippen LogP contribution in [0.5, 0.6) is 5.75 Å². The molecule has 0 atom stereocenters. The largest absolute Gasteiger partial charge is 0.484 e. The highest BCUT2D eigenvalue weighted by Crippen LogP contribution is 2.24. The molecule has 0 aromatic heterocycles. The number of benzene rings is 2. The molecule has 0 bridgehead atoms. The first kappa shape index (κ1) is 19.9. The normalized spacial score (nSPS) is 14.0. The molecule has 2 aromatic carbocycles. The van der Waals surface area contributed by atoms with E-state index in [0.29, 0.717) is 17.0 Å². The maximum atomic E-state index is 12.7. The van der Waals surface area contributed by atoms with E-state index < -0.39 is 0 Å². The van der Waals surface area contributed by atoms with Crippen molar-refractivity contribution in [2.24, 2.45) is 0 Å². The molecule has 0 saturated carbocycles. The zero-order valence-electron chi connectivity index (χ0n) is 16.8. The molecule has 1 fully saturated rings. The van der Waals surface area contributed by atoms with E-state index in [1.807, 2.05) is 41.3 Å². The van der Waals surface area contributed by atoms with Gasteiger partial charge >= 0.3 is 0 Å². The molecular weight excluding hydrogens is 352 g/mol. The Balaban J connectivity index is 1.60. The molecule has 1 N–H and O–H groups in total. The molecule has 0 unspecified atom stereocenters. The number of hydrogen-bond donors (Lipinski definition) is 1. The average Bonchev–Trinajstić information content (AvgIpc) is 3.21. The van der Waals surface area contributed by atoms with Crippen LogP contribution in [0, 0.1) is 0 Å². The van der Waals surface area contributed by atoms with Crippen molar-refractivity contribution in [1.82, 2.24) is 4.90 Å². The fraction of sp³-hybridized carbons (Fsp3) is 0.391. The van der Waals surface area contributed by atoms with E-state index >= 15 is 0 Å². The molecular formula is C23H28N2O3. The van der Waals surface area contributed by atoms with Crippen LogP contribution in [0.4, 0.5) is 5.69 Å². The van der Waals surface area contributed by atoms with Crippen LogP contribution in [0.1, 0.15) is 49.5 Å². The number of carbonyl (C=O) groups is 2. The summed E-state index contributed by atoms with van der Waals surface area (Å²) in [6, 6.07) is 14.9. The number of anilines is 1. The van der Waals surface area contributed by atoms with Crippen molar-refractivity contribution in [1.29, 1.82) is 0 Å². The molecule has 2 aromatic rings. The van der Waals surface area contributed by atoms with Gasteiger partial charge in [0.15, 0.2) is 6.61 Å². The van der Waals surface area contributed by atoms with Crippen LogP contribution in [0.3, 0.4) is 0 Å². The maximum Gasteiger partial charge on any atom is 0.262 e. The first-order valence-electron chi connectivity index (χ1n) is 9.76. The smallest absolute Gasteiger partial charge is 0.262 e. The minimum absolute atomic E-state index is 0.0351. The van der Waals surface area contributed by atoms with Crippen LogP contribution in [0.15, 0.2) is 48.5 Å². The quantitative estimate of drug-likeness (QED) is 0.844. The summed E-state index contributed by atoms with van der Waals surface area (Å²) in [7, 11) is 0. The van der Waals surface area contributed by atoms with E-state index in [0.717, 1.165) is 25.9 Å². The van der Waals surface area contributed by atoms with Gasteiger partial charge in [0.25, 0.3) is 11.8 Å². The minimum atomic E-state index is -0.290. The third kappa shape index (κ3) is 4.91. The Morgan fingerprint density at radius 2 is 1.64 bits per heavy atom. The van der Waals surface area contributed by atoms with Crippen LogP contribution in [0.25, 0.3) is 0 Å². The SMILES string of the molecule is CC(C)(C)c1ccc(OCC(=O)Nc2ccccc2C(=O)N2CCCC2)cc1. The topological polar surface area (TPSA) is 58.6 Å². The number of likely N-dealkylation sites (tertiary alicyclic amines) is 1. The molecule has 1 aliphatic rings. The van der Waals surface area contributed by atoms with Crippen molar-refractivity contribution in [3.8, 4) is 5.75 Å². The Bertz CT molecular complexity index is 832. The van der Waals surface area contributed by atoms with E-state index in [9.17, 15) is 9.59 Å². The van der Waals surface area contributed by atoms with Gasteiger partial charge in [0.1, 0.15) is 5.75 Å². The summed E-state index contributed by atoms with van der Waals surface area (Å²) in [6.45, 7) is 7.89. The molecule has 1 heterocycles. The summed E-state index contributed by atoms with van der Waals surface area (Å²) >= 11 is 0. The molecule has 3 rings (SSSR count). The van der Waals surface area contributed by atoms with Gasteiger partial charge in [-0.25, -0.2) is 0 Å². The summed E-state index contributed by atoms with van der Waals surface area (Å²) in [6.07, 6.45) is 2.06. The molecule has 2 amide bonds. The highest BCUT2D eigenvalue weighted by Gasteiger charge is 2.22. The van der Waals surface area contributed by atoms with Gasteiger partial charge < -0.3 is 15.0 Å². The fourth-order valence-corrected chi connectivity index (χ4v) is 3.26. The zero-order valence-corrected chi connectivity index (χ0v) is 16.8. The second-order valence-corrected chi connectivity index (χ2v) is 8.16. The predicted molar refractivity (Wildman–Crippen MR) is 111 cm³/mol. The molecule has 148 valence electrons. The zero-order chi connectivity index (χ0) is 20.1. The van der Waals surface area contributed by atoms with E-state index in [1.54, 1.807) is 12.1 Å². The molecule has 1 aliphatic heterocycles. The standard InChI is InChI=1S/C23H28N2O3/c1-23(2,3)17-10-12-18(13-11-17)28-16-21(26)24-20-9-5-4-8-19(20)22(27)25-14-6-7-15-25/h4-5,8-13H,6-7,14-16H2,1-3H3,(H,24,26). The second-order valence-electron chi connectivity index (χ2n) is 8.16. The van der Waals surface area contributed by atoms with Gasteiger partial charge in [-0.05, 0) is 48.1 Å². The molecule has 0 aliphatic carbocycles. The van der Waals surface area contributed by atoms with E-state index in [1.165, 1.54) is 5.56 Å². The van der Waals surface area contributed by atoms with E-state index in [2.05, 4.69) is 26.1 Å². The Morgan fingerprint density at radius 1 is 1.00 bits per heavy atom. The average molecular weight is 380 g/mol. The molecule has 28 heavy (non-hydrogen) atoms. The fourth-order valence-electron chi connectivity index (χ4n) is 3.26. The molecule has 1 saturated heterocycles. The molecule has 5 heteroatoms. The number of nitrogens with one attached hydrogen (secondary N) is 1. The van der Waals surface area contributed by atoms with Crippen molar-refractivity contribution >= 4 is 17.5 Å². The summed E-state index contributed by atoms with van der Waals surface area (Å²) in [5, 5.41) is 2.81. The maximum absolute atomic E-state index is 12.7. The lowest BCUT2D eigenvalue weighted by molar-refractivity contribution is -0.118. The highest BCUT2D eigenvalue weighted by atomic mass is 16.5. The second kappa shape index (κ2) is 8.46. The first-order chi connectivity index (χ1) is 13.3. The number of hydrogen-bond acceptors (Lipinski definition) is 3. The number of carbonyl (C=O) groups excluding carboxylic acids is 2. The monoisotopic (exact) mass is 380 g/mol. The third-order valence-corrected chi connectivity index (χ3v) is 4.92. The van der Waals surface area contributed by atoms with Crippen molar-refractivity contribution in [2.75, 3.05) is 25.0 Å². The van der Waals surface area contributed by atoms with Crippen molar-refractivity contribution in [2.45, 2.75) is 39.0 Å². The first-order valence-corrected chi connectivity index (χ1v) is 9.76. The van der Waals surface area contributed by atoms with Gasteiger partial charge in [-0.15, -0.1) is 0 Å². The Hall–Kier alpha value is -2.82. The summed E-state index contributed by atoms with van der Waals surface area (Å²) in [4.78, 5) is 26.9. The number of para-hydroxylation sites is 1. The number of ether oxygens (including phenoxy) is 1. The van der Waals surface area contributed by atoms with Crippen LogP contribution >= 0.6 is 0 Å². The van der Waals surface area contributed by atoms with Gasteiger partial charge in [-0.2, -0.15) is 0 Å². The lowest BCUT2D eigenvalue weighted by Gasteiger charge is -2.19. The third-order valence-electron chi connectivity index (χ3n) is 4.92. The van der Waals surface area contributed by atoms with E-state index in [-0.39, 0.29) is 23.8 Å². The highest BCUT2D eigenvalue weighted by molar-refractivity contribution is 6.04. The molecule has 5 nitrogen and oxygen atoms in total. The van der Waals surface area contributed by atoms with Crippen LogP contribution in [-0.2, 0) is 10.2 Å². The summed E-state index contributed by atoms with van der Waals surface area (Å²) in [5.41, 5.74) is 2.32. The van der Waals surface area contributed by atoms with Crippen LogP contribution < -0.4 is 10.1 Å². The van der Waals surface area contributed by atoms with Crippen LogP contribution in [-0.4, -0.2) is 36.4 Å². The number of amides is 2. The lowest BCUT2D eigenvalue weighted by Crippen LogP contribution is -2.29. The lowest BCUT2D eigenvalue weighted by atomic mass is 9.87. The van der Waals surface area contributed by atoms with Crippen molar-refractivity contribution < 1.29 is 14.3 Å². The number of nitrogens with zero attached hydrogens (tertiary/aromatic N) is 1. The van der Waals surface area contributed by atoms with E-state index in [4.69, 9.17) is 4.74 Å². The van der Waals surface area contributed by atoms with Crippen molar-refractivity contribution in [3.05, 3.63) is 59.7 Å². The van der Waals surface area contributed by atoms with Gasteiger partial charge in [0.2, 0.25) is 0 Å². The van der Waals surface area contributed by atoms with Crippen LogP contribution in [0.2, 0.25) is 0 Å². The Morgan fingerprint density at radius 3 is 2.29 bits per heavy atom. The van der Waals surface area contributed by atoms with Gasteiger partial charge in [-0.3, -0.25) is 9.59 Å². The Kier molecular flexibility index (Phi) is 6.02.